The van der Waals surface area contributed by atoms with Crippen LogP contribution in [0.1, 0.15) is 64.1 Å². The molecule has 0 unspecified atom stereocenters. The van der Waals surface area contributed by atoms with Crippen molar-refractivity contribution in [2.45, 2.75) is 82.6 Å². The summed E-state index contributed by atoms with van der Waals surface area (Å²) in [5.74, 6) is -0.266. The first-order chi connectivity index (χ1) is 19.7. The van der Waals surface area contributed by atoms with E-state index in [1.165, 1.54) is 18.2 Å². The van der Waals surface area contributed by atoms with Crippen molar-refractivity contribution in [1.82, 2.24) is 25.3 Å². The lowest BCUT2D eigenvalue weighted by Gasteiger charge is -2.29. The molecule has 0 aliphatic carbocycles. The fourth-order valence-electron chi connectivity index (χ4n) is 5.84. The van der Waals surface area contributed by atoms with E-state index in [1.807, 2.05) is 6.92 Å². The maximum absolute atomic E-state index is 14.7. The van der Waals surface area contributed by atoms with Crippen molar-refractivity contribution in [2.24, 2.45) is 0 Å². The van der Waals surface area contributed by atoms with Crippen LogP contribution in [0, 0.1) is 23.0 Å². The van der Waals surface area contributed by atoms with Crippen molar-refractivity contribution in [2.75, 3.05) is 20.1 Å². The number of rotatable bonds is 9. The molecule has 2 aromatic heterocycles. The van der Waals surface area contributed by atoms with Gasteiger partial charge in [-0.1, -0.05) is 11.2 Å². The van der Waals surface area contributed by atoms with Crippen LogP contribution in [0.5, 0.6) is 11.8 Å². The Bertz CT molecular complexity index is 1390. The second kappa shape index (κ2) is 12.1. The summed E-state index contributed by atoms with van der Waals surface area (Å²) in [5.41, 5.74) is -0.904. The molecular weight excluding hydrogens is 530 g/mol. The highest BCUT2D eigenvalue weighted by Crippen LogP contribution is 2.36. The zero-order chi connectivity index (χ0) is 29.1. The van der Waals surface area contributed by atoms with Gasteiger partial charge < -0.3 is 19.3 Å². The number of nitrogens with one attached hydrogen (secondary N) is 1. The number of likely N-dealkylation sites (N-methyl/N-ethyl adjacent to an activating group) is 1. The van der Waals surface area contributed by atoms with Crippen molar-refractivity contribution in [3.63, 3.8) is 0 Å². The van der Waals surface area contributed by atoms with Gasteiger partial charge in [0.25, 0.3) is 0 Å². The van der Waals surface area contributed by atoms with Gasteiger partial charge in [-0.25, -0.2) is 8.78 Å². The Balaban J connectivity index is 1.45. The van der Waals surface area contributed by atoms with E-state index in [0.717, 1.165) is 32.4 Å². The fourth-order valence-corrected chi connectivity index (χ4v) is 5.84. The number of piperidine rings is 1. The van der Waals surface area contributed by atoms with Crippen molar-refractivity contribution < 1.29 is 22.8 Å². The molecule has 0 amide bonds. The molecule has 2 aliphatic heterocycles. The van der Waals surface area contributed by atoms with E-state index >= 15 is 0 Å². The van der Waals surface area contributed by atoms with E-state index in [0.29, 0.717) is 30.3 Å². The average molecular weight is 567 g/mol. The smallest absolute Gasteiger partial charge is 0.221 e. The summed E-state index contributed by atoms with van der Waals surface area (Å²) >= 11 is 0. The van der Waals surface area contributed by atoms with Crippen LogP contribution >= 0.6 is 0 Å². The predicted octanol–water partition coefficient (Wildman–Crippen LogP) is 5.01. The number of hydrogen-bond acceptors (Lipinski definition) is 9. The molecule has 2 aliphatic rings. The summed E-state index contributed by atoms with van der Waals surface area (Å²) in [5, 5.41) is 16.6. The third kappa shape index (κ3) is 6.34. The number of aromatic nitrogens is 3. The van der Waals surface area contributed by atoms with Gasteiger partial charge in [0, 0.05) is 35.5 Å². The first-order valence-electron chi connectivity index (χ1n) is 14.1. The second-order valence-electron chi connectivity index (χ2n) is 11.5. The van der Waals surface area contributed by atoms with Crippen molar-refractivity contribution >= 4 is 0 Å². The lowest BCUT2D eigenvalue weighted by atomic mass is 9.80. The van der Waals surface area contributed by atoms with Crippen LogP contribution in [0.25, 0.3) is 11.6 Å². The molecule has 11 heteroatoms. The van der Waals surface area contributed by atoms with Gasteiger partial charge >= 0.3 is 0 Å². The Labute approximate surface area is 238 Å². The summed E-state index contributed by atoms with van der Waals surface area (Å²) in [6.07, 6.45) is 3.69. The molecule has 0 radical (unpaired) electrons. The van der Waals surface area contributed by atoms with Crippen molar-refractivity contribution in [1.29, 1.82) is 5.26 Å². The SMILES string of the molecule is C[C@H](Oc1cc(O[C@H]2CCN[C@H](CC#N)C2)nc(-c2cc(C(C)(C)c3c(F)cccc3F)no2)n1)[C@@H]1CCCN1C. The molecule has 0 saturated carbocycles. The molecule has 218 valence electrons. The van der Waals surface area contributed by atoms with Gasteiger partial charge in [-0.3, -0.25) is 4.90 Å². The molecule has 3 aromatic rings. The van der Waals surface area contributed by atoms with Crippen molar-refractivity contribution in [3.8, 4) is 29.4 Å². The van der Waals surface area contributed by atoms with Crippen LogP contribution in [-0.4, -0.2) is 64.5 Å². The molecular formula is C30H36F2N6O3. The fraction of sp³-hybridized carbons (Fsp3) is 0.533. The van der Waals surface area contributed by atoms with Gasteiger partial charge in [0.15, 0.2) is 0 Å². The Morgan fingerprint density at radius 2 is 1.95 bits per heavy atom. The Kier molecular flexibility index (Phi) is 8.52. The molecule has 2 saturated heterocycles. The van der Waals surface area contributed by atoms with Gasteiger partial charge in [0.05, 0.1) is 24.3 Å². The summed E-state index contributed by atoms with van der Waals surface area (Å²) < 4.78 is 47.5. The van der Waals surface area contributed by atoms with Crippen LogP contribution in [0.3, 0.4) is 0 Å². The van der Waals surface area contributed by atoms with E-state index in [2.05, 4.69) is 38.5 Å². The minimum absolute atomic E-state index is 0.0477. The Hall–Kier alpha value is -3.62. The third-order valence-electron chi connectivity index (χ3n) is 8.13. The minimum atomic E-state index is -1.13. The second-order valence-corrected chi connectivity index (χ2v) is 11.5. The van der Waals surface area contributed by atoms with Crippen LogP contribution in [0.15, 0.2) is 34.9 Å². The maximum atomic E-state index is 14.7. The highest BCUT2D eigenvalue weighted by Gasteiger charge is 2.34. The molecule has 9 nitrogen and oxygen atoms in total. The van der Waals surface area contributed by atoms with Gasteiger partial charge in [-0.05, 0) is 72.3 Å². The molecule has 0 spiro atoms. The van der Waals surface area contributed by atoms with Crippen LogP contribution in [-0.2, 0) is 5.41 Å². The Morgan fingerprint density at radius 3 is 2.66 bits per heavy atom. The minimum Gasteiger partial charge on any atom is -0.474 e. The molecule has 4 heterocycles. The van der Waals surface area contributed by atoms with Crippen molar-refractivity contribution in [3.05, 3.63) is 53.2 Å². The van der Waals surface area contributed by atoms with E-state index in [9.17, 15) is 8.78 Å². The molecule has 41 heavy (non-hydrogen) atoms. The summed E-state index contributed by atoms with van der Waals surface area (Å²) in [6, 6.07) is 9.55. The number of nitrogens with zero attached hydrogens (tertiary/aromatic N) is 5. The monoisotopic (exact) mass is 566 g/mol. The first kappa shape index (κ1) is 28.9. The van der Waals surface area contributed by atoms with Crippen LogP contribution in [0.2, 0.25) is 0 Å². The van der Waals surface area contributed by atoms with Gasteiger partial charge in [0.1, 0.15) is 23.8 Å². The van der Waals surface area contributed by atoms with Gasteiger partial charge in [-0.15, -0.1) is 0 Å². The van der Waals surface area contributed by atoms with E-state index in [1.54, 1.807) is 26.0 Å². The van der Waals surface area contributed by atoms with E-state index in [4.69, 9.17) is 19.3 Å². The first-order valence-corrected chi connectivity index (χ1v) is 14.1. The van der Waals surface area contributed by atoms with Gasteiger partial charge in [0.2, 0.25) is 23.3 Å². The highest BCUT2D eigenvalue weighted by atomic mass is 19.1. The third-order valence-corrected chi connectivity index (χ3v) is 8.13. The van der Waals surface area contributed by atoms with Crippen LogP contribution < -0.4 is 14.8 Å². The zero-order valence-electron chi connectivity index (χ0n) is 23.9. The topological polar surface area (TPSA) is 109 Å². The van der Waals surface area contributed by atoms with Gasteiger partial charge in [-0.2, -0.15) is 15.2 Å². The molecule has 0 bridgehead atoms. The lowest BCUT2D eigenvalue weighted by molar-refractivity contribution is 0.113. The number of nitriles is 1. The molecule has 1 aromatic carbocycles. The number of benzene rings is 1. The number of ether oxygens (including phenoxy) is 2. The summed E-state index contributed by atoms with van der Waals surface area (Å²) in [6.45, 7) is 7.13. The van der Waals surface area contributed by atoms with E-state index in [-0.39, 0.29) is 41.4 Å². The molecule has 4 atom stereocenters. The normalized spacial score (nSPS) is 22.3. The largest absolute Gasteiger partial charge is 0.474 e. The highest BCUT2D eigenvalue weighted by molar-refractivity contribution is 5.51. The Morgan fingerprint density at radius 1 is 1.20 bits per heavy atom. The summed E-state index contributed by atoms with van der Waals surface area (Å²) in [7, 11) is 2.09. The zero-order valence-corrected chi connectivity index (χ0v) is 23.9. The lowest BCUT2D eigenvalue weighted by Crippen LogP contribution is -2.42. The van der Waals surface area contributed by atoms with Crippen LogP contribution in [0.4, 0.5) is 8.78 Å². The standard InChI is InChI=1S/C30H36F2N6O3/c1-18(23-9-6-14-38(23)4)39-26-17-27(40-20-11-13-34-19(15-20)10-12-33)36-29(35-26)24-16-25(37-41-24)30(2,3)28-21(31)7-5-8-22(28)32/h5,7-8,16-20,23,34H,6,9-11,13-15H2,1-4H3/t18-,19+,20-,23-/m0/s1. The number of hydrogen-bond donors (Lipinski definition) is 1. The molecule has 1 N–H and O–H groups in total. The molecule has 5 rings (SSSR count). The number of halogens is 2. The maximum Gasteiger partial charge on any atom is 0.221 e. The van der Waals surface area contributed by atoms with E-state index < -0.39 is 17.0 Å². The average Bonchev–Trinajstić information content (AvgIpc) is 3.59. The predicted molar refractivity (Wildman–Crippen MR) is 147 cm³/mol. The quantitative estimate of drug-likeness (QED) is 0.382. The summed E-state index contributed by atoms with van der Waals surface area (Å²) in [4.78, 5) is 11.5. The number of likely N-dealkylation sites (tertiary alicyclic amines) is 1. The molecule has 2 fully saturated rings.